The van der Waals surface area contributed by atoms with Crippen LogP contribution in [0, 0.1) is 0 Å². The minimum atomic E-state index is 0.517. The molecule has 0 aliphatic rings. The Morgan fingerprint density at radius 1 is 0.385 bits per heavy atom. The molecular formula is C60H38BN3O. The zero-order chi connectivity index (χ0) is 42.9. The largest absolute Gasteiger partial charge is 0.472 e. The van der Waals surface area contributed by atoms with Gasteiger partial charge in [-0.05, 0) is 73.3 Å². The highest BCUT2D eigenvalue weighted by Crippen LogP contribution is 2.47. The Morgan fingerprint density at radius 3 is 1.31 bits per heavy atom. The van der Waals surface area contributed by atoms with Gasteiger partial charge >= 0.3 is 0 Å². The first-order valence-electron chi connectivity index (χ1n) is 22.5. The lowest BCUT2D eigenvalue weighted by Crippen LogP contribution is -2.03. The maximum absolute atomic E-state index is 6.34. The summed E-state index contributed by atoms with van der Waals surface area (Å²) in [6, 6.07) is 65.2. The number of nitrogens with one attached hydrogen (secondary N) is 2. The Labute approximate surface area is 373 Å². The van der Waals surface area contributed by atoms with Gasteiger partial charge in [-0.3, -0.25) is 0 Å². The summed E-state index contributed by atoms with van der Waals surface area (Å²) in [5.41, 5.74) is 9.59. The molecule has 0 saturated carbocycles. The normalized spacial score (nSPS) is 12.2. The van der Waals surface area contributed by atoms with Crippen molar-refractivity contribution in [3.63, 3.8) is 0 Å². The second kappa shape index (κ2) is 13.6. The van der Waals surface area contributed by atoms with Crippen LogP contribution in [0.1, 0.15) is 12.5 Å². The Balaban J connectivity index is 0.000000125. The quantitative estimate of drug-likeness (QED) is 0.132. The lowest BCUT2D eigenvalue weighted by molar-refractivity contribution is 0.653. The summed E-state index contributed by atoms with van der Waals surface area (Å²) >= 11 is 0. The number of rotatable bonds is 2. The maximum Gasteiger partial charge on any atom is 0.168 e. The summed E-state index contributed by atoms with van der Waals surface area (Å²) in [4.78, 5) is 7.72. The van der Waals surface area contributed by atoms with Gasteiger partial charge in [0.25, 0.3) is 0 Å². The second-order valence-corrected chi connectivity index (χ2v) is 17.3. The van der Waals surface area contributed by atoms with Crippen LogP contribution in [0.5, 0.6) is 0 Å². The average molecular weight is 828 g/mol. The van der Waals surface area contributed by atoms with E-state index in [1.807, 2.05) is 0 Å². The molecular weight excluding hydrogens is 789 g/mol. The fourth-order valence-electron chi connectivity index (χ4n) is 11.4. The van der Waals surface area contributed by atoms with Gasteiger partial charge in [-0.15, -0.1) is 0 Å². The zero-order valence-electron chi connectivity index (χ0n) is 35.5. The van der Waals surface area contributed by atoms with E-state index in [-0.39, 0.29) is 0 Å². The number of benzene rings is 11. The second-order valence-electron chi connectivity index (χ2n) is 17.3. The first-order chi connectivity index (χ1) is 32.2. The number of aromatic amines is 2. The van der Waals surface area contributed by atoms with Crippen molar-refractivity contribution in [2.45, 2.75) is 13.3 Å². The molecule has 2 radical (unpaired) electrons. The van der Waals surface area contributed by atoms with Crippen molar-refractivity contribution < 1.29 is 4.42 Å². The number of fused-ring (bicyclic) bond motifs is 26. The first kappa shape index (κ1) is 36.2. The lowest BCUT2D eigenvalue weighted by Gasteiger charge is -2.10. The molecule has 0 saturated heterocycles. The number of hydrogen-bond donors (Lipinski definition) is 2. The molecule has 0 spiro atoms. The highest BCUT2D eigenvalue weighted by Gasteiger charge is 2.23. The molecule has 0 amide bonds. The van der Waals surface area contributed by atoms with Gasteiger partial charge in [0.2, 0.25) is 0 Å². The fraction of sp³-hybridized carbons (Fsp3) is 0.0333. The van der Waals surface area contributed by atoms with E-state index in [9.17, 15) is 0 Å². The van der Waals surface area contributed by atoms with Gasteiger partial charge in [0.1, 0.15) is 5.58 Å². The van der Waals surface area contributed by atoms with E-state index in [4.69, 9.17) is 12.3 Å². The van der Waals surface area contributed by atoms with Crippen LogP contribution in [0.25, 0.3) is 136 Å². The SMILES string of the molecule is [B]c1oc2c3ccccc3c3c([nH]c4c5ccccc5c5ccccc5c43)c2c1CC.c1ccc(-n2ccc3c4[nH]c5c6ccccc6c6ccccc6c5c4c4ccccc4c32)cc1. The van der Waals surface area contributed by atoms with Crippen molar-refractivity contribution in [2.24, 2.45) is 0 Å². The van der Waals surface area contributed by atoms with Crippen molar-refractivity contribution in [1.82, 2.24) is 14.5 Å². The summed E-state index contributed by atoms with van der Waals surface area (Å²) < 4.78 is 8.46. The van der Waals surface area contributed by atoms with Gasteiger partial charge in [0.05, 0.1) is 33.2 Å². The summed E-state index contributed by atoms with van der Waals surface area (Å²) in [6.07, 6.45) is 3.02. The Bertz CT molecular complexity index is 4470. The Hall–Kier alpha value is -8.28. The van der Waals surface area contributed by atoms with Gasteiger partial charge in [0, 0.05) is 65.7 Å². The Kier molecular flexibility index (Phi) is 7.59. The fourth-order valence-corrected chi connectivity index (χ4v) is 11.4. The van der Waals surface area contributed by atoms with Crippen LogP contribution in [0.2, 0.25) is 0 Å². The van der Waals surface area contributed by atoms with Crippen LogP contribution in [-0.4, -0.2) is 22.4 Å². The highest BCUT2D eigenvalue weighted by molar-refractivity contribution is 6.42. The minimum Gasteiger partial charge on any atom is -0.472 e. The van der Waals surface area contributed by atoms with Gasteiger partial charge in [0.15, 0.2) is 7.85 Å². The molecule has 0 aliphatic carbocycles. The molecule has 15 aromatic rings. The molecule has 4 nitrogen and oxygen atoms in total. The molecule has 302 valence electrons. The summed E-state index contributed by atoms with van der Waals surface area (Å²) in [5.74, 6) is 0. The molecule has 5 heteroatoms. The molecule has 11 aromatic carbocycles. The van der Waals surface area contributed by atoms with Crippen molar-refractivity contribution >= 4 is 144 Å². The zero-order valence-corrected chi connectivity index (χ0v) is 35.5. The standard InChI is InChI=1S/C32H20N2.C28H18BNO/c1-2-10-20(11-3-1)34-19-18-27-31-29(24-15-7-9-17-26(24)32(27)34)28-23-14-6-4-12-21(23)22-13-5-8-16-25(22)30(28)33-31;1-2-15-24-26-23(19-12-6-8-14-21(19)27(24)31-28(15)29)22-18-11-5-3-9-16(18)17-10-4-7-13-20(17)25(22)30-26/h1-19,33H;3-14,30H,2H2,1H3. The number of nitrogens with zero attached hydrogens (tertiary/aromatic N) is 1. The molecule has 4 aromatic heterocycles. The smallest absolute Gasteiger partial charge is 0.168 e. The lowest BCUT2D eigenvalue weighted by atomic mass is 9.92. The average Bonchev–Trinajstić information content (AvgIpc) is 4.17. The number of aromatic nitrogens is 3. The van der Waals surface area contributed by atoms with Crippen LogP contribution in [0.15, 0.2) is 193 Å². The van der Waals surface area contributed by atoms with Gasteiger partial charge in [-0.1, -0.05) is 171 Å². The molecule has 65 heavy (non-hydrogen) atoms. The van der Waals surface area contributed by atoms with Gasteiger partial charge < -0.3 is 19.0 Å². The third kappa shape index (κ3) is 4.92. The van der Waals surface area contributed by atoms with Crippen molar-refractivity contribution in [3.05, 3.63) is 194 Å². The maximum atomic E-state index is 6.34. The highest BCUT2D eigenvalue weighted by atomic mass is 16.3. The van der Waals surface area contributed by atoms with Crippen LogP contribution in [0.4, 0.5) is 0 Å². The van der Waals surface area contributed by atoms with Crippen molar-refractivity contribution in [1.29, 1.82) is 0 Å². The number of hydrogen-bond acceptors (Lipinski definition) is 1. The van der Waals surface area contributed by atoms with E-state index >= 15 is 0 Å². The van der Waals surface area contributed by atoms with E-state index in [1.165, 1.54) is 114 Å². The van der Waals surface area contributed by atoms with E-state index < -0.39 is 0 Å². The molecule has 0 unspecified atom stereocenters. The van der Waals surface area contributed by atoms with E-state index in [1.54, 1.807) is 0 Å². The molecule has 0 bridgehead atoms. The van der Waals surface area contributed by atoms with E-state index in [0.717, 1.165) is 33.9 Å². The molecule has 4 heterocycles. The summed E-state index contributed by atoms with van der Waals surface area (Å²) in [6.45, 7) is 2.13. The predicted molar refractivity (Wildman–Crippen MR) is 278 cm³/mol. The monoisotopic (exact) mass is 827 g/mol. The first-order valence-corrected chi connectivity index (χ1v) is 22.5. The van der Waals surface area contributed by atoms with Crippen LogP contribution < -0.4 is 5.66 Å². The van der Waals surface area contributed by atoms with Crippen molar-refractivity contribution in [3.8, 4) is 5.69 Å². The minimum absolute atomic E-state index is 0.517. The third-order valence-corrected chi connectivity index (χ3v) is 14.1. The van der Waals surface area contributed by atoms with Gasteiger partial charge in [-0.2, -0.15) is 0 Å². The van der Waals surface area contributed by atoms with Gasteiger partial charge in [-0.25, -0.2) is 0 Å². The molecule has 2 N–H and O–H groups in total. The number of aryl methyl sites for hydroxylation is 1. The van der Waals surface area contributed by atoms with Crippen molar-refractivity contribution in [2.75, 3.05) is 0 Å². The number of para-hydroxylation sites is 1. The molecule has 0 fully saturated rings. The number of H-pyrrole nitrogens is 2. The predicted octanol–water partition coefficient (Wildman–Crippen LogP) is 15.6. The molecule has 0 aliphatic heterocycles. The van der Waals surface area contributed by atoms with E-state index in [0.29, 0.717) is 5.66 Å². The molecule has 15 rings (SSSR count). The summed E-state index contributed by atoms with van der Waals surface area (Å²) in [5, 5.41) is 22.6. The Morgan fingerprint density at radius 2 is 0.769 bits per heavy atom. The number of furan rings is 1. The topological polar surface area (TPSA) is 49.6 Å². The summed E-state index contributed by atoms with van der Waals surface area (Å²) in [7, 11) is 6.34. The third-order valence-electron chi connectivity index (χ3n) is 14.1. The van der Waals surface area contributed by atoms with Crippen LogP contribution >= 0.6 is 0 Å². The van der Waals surface area contributed by atoms with E-state index in [2.05, 4.69) is 210 Å². The van der Waals surface area contributed by atoms with Crippen LogP contribution in [-0.2, 0) is 6.42 Å². The van der Waals surface area contributed by atoms with Crippen LogP contribution in [0.3, 0.4) is 0 Å². The molecule has 0 atom stereocenters.